The van der Waals surface area contributed by atoms with Gasteiger partial charge < -0.3 is 15.8 Å². The number of nitrogens with zero attached hydrogens (tertiary/aromatic N) is 3. The number of hydrogen-bond donors (Lipinski definition) is 2. The third-order valence-electron chi connectivity index (χ3n) is 2.33. The Balaban J connectivity index is 1.81. The van der Waals surface area contributed by atoms with E-state index in [9.17, 15) is 0 Å². The summed E-state index contributed by atoms with van der Waals surface area (Å²) in [6, 6.07) is 10.8. The van der Waals surface area contributed by atoms with Crippen LogP contribution < -0.4 is 15.8 Å². The van der Waals surface area contributed by atoms with E-state index in [2.05, 4.69) is 15.3 Å². The van der Waals surface area contributed by atoms with Crippen LogP contribution in [0.2, 0.25) is 0 Å². The zero-order valence-electron chi connectivity index (χ0n) is 10.2. The highest BCUT2D eigenvalue weighted by atomic mass is 16.5. The molecule has 0 bridgehead atoms. The molecule has 6 nitrogen and oxygen atoms in total. The van der Waals surface area contributed by atoms with Crippen LogP contribution in [0.15, 0.2) is 36.5 Å². The Morgan fingerprint density at radius 1 is 1.32 bits per heavy atom. The number of hydrogen-bond acceptors (Lipinski definition) is 6. The molecule has 6 heteroatoms. The number of nitriles is 1. The number of benzene rings is 1. The van der Waals surface area contributed by atoms with Gasteiger partial charge in [0.2, 0.25) is 5.95 Å². The number of anilines is 2. The monoisotopic (exact) mass is 255 g/mol. The highest BCUT2D eigenvalue weighted by Crippen LogP contribution is 2.19. The lowest BCUT2D eigenvalue weighted by atomic mass is 10.3. The van der Waals surface area contributed by atoms with Crippen molar-refractivity contribution in [2.45, 2.75) is 0 Å². The van der Waals surface area contributed by atoms with E-state index in [1.54, 1.807) is 12.1 Å². The van der Waals surface area contributed by atoms with Crippen LogP contribution >= 0.6 is 0 Å². The molecule has 96 valence electrons. The number of nitrogens with two attached hydrogens (primary N) is 1. The summed E-state index contributed by atoms with van der Waals surface area (Å²) in [5.74, 6) is 1.06. The maximum Gasteiger partial charge on any atom is 0.224 e. The molecular weight excluding hydrogens is 242 g/mol. The number of aromatic nitrogens is 2. The van der Waals surface area contributed by atoms with Crippen molar-refractivity contribution in [1.82, 2.24) is 9.97 Å². The van der Waals surface area contributed by atoms with Gasteiger partial charge in [-0.25, -0.2) is 9.97 Å². The second-order valence-corrected chi connectivity index (χ2v) is 3.69. The summed E-state index contributed by atoms with van der Waals surface area (Å²) in [5, 5.41) is 11.7. The van der Waals surface area contributed by atoms with Gasteiger partial charge in [-0.05, 0) is 18.2 Å². The van der Waals surface area contributed by atoms with Crippen LogP contribution in [-0.2, 0) is 0 Å². The van der Waals surface area contributed by atoms with E-state index < -0.39 is 0 Å². The van der Waals surface area contributed by atoms with Crippen molar-refractivity contribution in [3.63, 3.8) is 0 Å². The third kappa shape index (κ3) is 3.57. The molecule has 0 atom stereocenters. The first-order valence-electron chi connectivity index (χ1n) is 5.74. The van der Waals surface area contributed by atoms with Gasteiger partial charge in [0.1, 0.15) is 24.1 Å². The Morgan fingerprint density at radius 3 is 2.95 bits per heavy atom. The van der Waals surface area contributed by atoms with Crippen LogP contribution in [0.5, 0.6) is 5.75 Å². The number of para-hydroxylation sites is 2. The summed E-state index contributed by atoms with van der Waals surface area (Å²) in [7, 11) is 0. The second kappa shape index (κ2) is 6.21. The van der Waals surface area contributed by atoms with Gasteiger partial charge in [0, 0.05) is 6.20 Å². The highest BCUT2D eigenvalue weighted by molar-refractivity contribution is 5.51. The van der Waals surface area contributed by atoms with Gasteiger partial charge in [-0.3, -0.25) is 0 Å². The summed E-state index contributed by atoms with van der Waals surface area (Å²) in [4.78, 5) is 7.99. The Kier molecular flexibility index (Phi) is 4.13. The minimum absolute atomic E-state index is 0.325. The van der Waals surface area contributed by atoms with Crippen molar-refractivity contribution < 1.29 is 4.74 Å². The lowest BCUT2D eigenvalue weighted by molar-refractivity contribution is 0.334. The maximum atomic E-state index is 8.71. The summed E-state index contributed by atoms with van der Waals surface area (Å²) in [5.41, 5.74) is 6.67. The van der Waals surface area contributed by atoms with E-state index in [-0.39, 0.29) is 0 Å². The van der Waals surface area contributed by atoms with Crippen LogP contribution in [-0.4, -0.2) is 23.1 Å². The molecule has 0 amide bonds. The smallest absolute Gasteiger partial charge is 0.224 e. The largest absolute Gasteiger partial charge is 0.490 e. The van der Waals surface area contributed by atoms with Crippen molar-refractivity contribution in [3.8, 4) is 11.8 Å². The average Bonchev–Trinajstić information content (AvgIpc) is 2.45. The number of nitrogen functional groups attached to an aromatic ring is 1. The van der Waals surface area contributed by atoms with Gasteiger partial charge in [0.15, 0.2) is 0 Å². The number of rotatable bonds is 5. The fourth-order valence-corrected chi connectivity index (χ4v) is 1.44. The minimum atomic E-state index is 0.325. The normalized spacial score (nSPS) is 9.63. The van der Waals surface area contributed by atoms with Gasteiger partial charge in [-0.15, -0.1) is 0 Å². The lowest BCUT2D eigenvalue weighted by Gasteiger charge is -2.09. The van der Waals surface area contributed by atoms with E-state index >= 15 is 0 Å². The summed E-state index contributed by atoms with van der Waals surface area (Å²) >= 11 is 0. The molecule has 0 unspecified atom stereocenters. The lowest BCUT2D eigenvalue weighted by Crippen LogP contribution is -2.14. The molecule has 1 aromatic carbocycles. The van der Waals surface area contributed by atoms with Gasteiger partial charge in [0.25, 0.3) is 0 Å². The molecule has 0 aliphatic carbocycles. The van der Waals surface area contributed by atoms with Crippen LogP contribution in [0.1, 0.15) is 5.69 Å². The quantitative estimate of drug-likeness (QED) is 0.619. The van der Waals surface area contributed by atoms with Crippen molar-refractivity contribution in [2.75, 3.05) is 24.2 Å². The Hall–Kier alpha value is -2.81. The predicted octanol–water partition coefficient (Wildman–Crippen LogP) is 1.42. The first-order valence-corrected chi connectivity index (χ1v) is 5.74. The van der Waals surface area contributed by atoms with Crippen LogP contribution in [0.3, 0.4) is 0 Å². The van der Waals surface area contributed by atoms with E-state index in [1.807, 2.05) is 24.3 Å². The molecule has 1 heterocycles. The molecule has 3 N–H and O–H groups in total. The van der Waals surface area contributed by atoms with Crippen LogP contribution in [0.25, 0.3) is 0 Å². The molecule has 0 aliphatic heterocycles. The molecule has 2 aromatic rings. The SMILES string of the molecule is N#Cc1ccnc(NCCOc2ccccc2N)n1. The second-order valence-electron chi connectivity index (χ2n) is 3.69. The maximum absolute atomic E-state index is 8.71. The van der Waals surface area contributed by atoms with Crippen molar-refractivity contribution >= 4 is 11.6 Å². The Morgan fingerprint density at radius 2 is 2.16 bits per heavy atom. The molecule has 0 saturated carbocycles. The van der Waals surface area contributed by atoms with Gasteiger partial charge in [0.05, 0.1) is 12.2 Å². The van der Waals surface area contributed by atoms with Gasteiger partial charge >= 0.3 is 0 Å². The predicted molar refractivity (Wildman–Crippen MR) is 71.6 cm³/mol. The average molecular weight is 255 g/mol. The summed E-state index contributed by atoms with van der Waals surface area (Å²) < 4.78 is 5.51. The first-order chi connectivity index (χ1) is 9.29. The number of ether oxygens (including phenoxy) is 1. The first kappa shape index (κ1) is 12.6. The molecule has 0 spiro atoms. The standard InChI is InChI=1S/C13H13N5O/c14-9-10-5-6-16-13(18-10)17-7-8-19-12-4-2-1-3-11(12)15/h1-6H,7-8,15H2,(H,16,17,18). The molecule has 19 heavy (non-hydrogen) atoms. The van der Waals surface area contributed by atoms with Gasteiger partial charge in [-0.2, -0.15) is 5.26 Å². The van der Waals surface area contributed by atoms with Crippen LogP contribution in [0, 0.1) is 11.3 Å². The third-order valence-corrected chi connectivity index (χ3v) is 2.33. The fourth-order valence-electron chi connectivity index (χ4n) is 1.44. The van der Waals surface area contributed by atoms with Crippen molar-refractivity contribution in [2.24, 2.45) is 0 Å². The van der Waals surface area contributed by atoms with Crippen molar-refractivity contribution in [1.29, 1.82) is 5.26 Å². The van der Waals surface area contributed by atoms with E-state index in [4.69, 9.17) is 15.7 Å². The topological polar surface area (TPSA) is 96.8 Å². The van der Waals surface area contributed by atoms with Gasteiger partial charge in [-0.1, -0.05) is 12.1 Å². The van der Waals surface area contributed by atoms with Crippen molar-refractivity contribution in [3.05, 3.63) is 42.2 Å². The zero-order chi connectivity index (χ0) is 13.5. The Bertz CT molecular complexity index is 594. The molecule has 0 radical (unpaired) electrons. The highest BCUT2D eigenvalue weighted by Gasteiger charge is 2.00. The molecule has 0 aliphatic rings. The van der Waals surface area contributed by atoms with E-state index in [0.29, 0.717) is 36.2 Å². The Labute approximate surface area is 110 Å². The zero-order valence-corrected chi connectivity index (χ0v) is 10.2. The fraction of sp³-hybridized carbons (Fsp3) is 0.154. The van der Waals surface area contributed by atoms with E-state index in [0.717, 1.165) is 0 Å². The molecule has 2 rings (SSSR count). The number of nitrogens with one attached hydrogen (secondary N) is 1. The van der Waals surface area contributed by atoms with E-state index in [1.165, 1.54) is 6.20 Å². The summed E-state index contributed by atoms with van der Waals surface area (Å²) in [6.45, 7) is 0.942. The molecule has 0 fully saturated rings. The summed E-state index contributed by atoms with van der Waals surface area (Å²) in [6.07, 6.45) is 1.53. The molecule has 1 aromatic heterocycles. The molecule has 0 saturated heterocycles. The molecular formula is C13H13N5O. The van der Waals surface area contributed by atoms with Crippen LogP contribution in [0.4, 0.5) is 11.6 Å². The minimum Gasteiger partial charge on any atom is -0.490 e.